The molecule has 0 spiro atoms. The molecule has 0 heterocycles. The first kappa shape index (κ1) is 10.5. The highest BCUT2D eigenvalue weighted by molar-refractivity contribution is 7.80. The molecular weight excluding hydrogens is 180 g/mol. The second-order valence-electron chi connectivity index (χ2n) is 2.89. The van der Waals surface area contributed by atoms with Crippen LogP contribution in [0.1, 0.15) is 18.9 Å². The highest BCUT2D eigenvalue weighted by atomic mass is 32.1. The fourth-order valence-electron chi connectivity index (χ4n) is 1.18. The molecule has 72 valence electrons. The van der Waals surface area contributed by atoms with Crippen LogP contribution >= 0.6 is 12.6 Å². The normalized spacial score (nSPS) is 10.0. The smallest absolute Gasteiger partial charge is 0.122 e. The Morgan fingerprint density at radius 1 is 1.31 bits per heavy atom. The number of benzene rings is 1. The molecule has 1 nitrogen and oxygen atoms in total. The van der Waals surface area contributed by atoms with Crippen molar-refractivity contribution in [3.8, 4) is 5.75 Å². The molecule has 1 rings (SSSR count). The van der Waals surface area contributed by atoms with Crippen LogP contribution in [0, 0.1) is 0 Å². The Kier molecular flexibility index (Phi) is 4.76. The molecule has 13 heavy (non-hydrogen) atoms. The molecule has 0 saturated carbocycles. The molecular formula is C11H16OS. The zero-order chi connectivity index (χ0) is 9.52. The third-order valence-corrected chi connectivity index (χ3v) is 2.23. The lowest BCUT2D eigenvalue weighted by Gasteiger charge is -2.08. The van der Waals surface area contributed by atoms with E-state index in [-0.39, 0.29) is 0 Å². The van der Waals surface area contributed by atoms with E-state index in [0.29, 0.717) is 0 Å². The minimum absolute atomic E-state index is 0.764. The van der Waals surface area contributed by atoms with Crippen LogP contribution in [0.2, 0.25) is 0 Å². The van der Waals surface area contributed by atoms with Gasteiger partial charge in [0.15, 0.2) is 0 Å². The zero-order valence-corrected chi connectivity index (χ0v) is 8.89. The second kappa shape index (κ2) is 5.92. The zero-order valence-electron chi connectivity index (χ0n) is 7.99. The van der Waals surface area contributed by atoms with Gasteiger partial charge in [-0.05, 0) is 30.2 Å². The lowest BCUT2D eigenvalue weighted by atomic mass is 10.1. The van der Waals surface area contributed by atoms with Gasteiger partial charge in [0.05, 0.1) is 6.61 Å². The van der Waals surface area contributed by atoms with Crippen molar-refractivity contribution in [3.05, 3.63) is 29.8 Å². The van der Waals surface area contributed by atoms with Crippen LogP contribution in [-0.4, -0.2) is 12.4 Å². The van der Waals surface area contributed by atoms with Crippen molar-refractivity contribution in [1.82, 2.24) is 0 Å². The summed E-state index contributed by atoms with van der Waals surface area (Å²) in [5.74, 6) is 1.90. The molecule has 0 unspecified atom stereocenters. The summed E-state index contributed by atoms with van der Waals surface area (Å²) in [7, 11) is 0. The molecule has 0 aliphatic rings. The maximum Gasteiger partial charge on any atom is 0.122 e. The molecule has 0 aliphatic heterocycles. The second-order valence-corrected chi connectivity index (χ2v) is 3.33. The van der Waals surface area contributed by atoms with E-state index < -0.39 is 0 Å². The molecule has 0 N–H and O–H groups in total. The van der Waals surface area contributed by atoms with Crippen molar-refractivity contribution in [2.45, 2.75) is 19.8 Å². The number of thiol groups is 1. The fraction of sp³-hybridized carbons (Fsp3) is 0.455. The maximum absolute atomic E-state index is 5.62. The van der Waals surface area contributed by atoms with Gasteiger partial charge in [0.1, 0.15) is 5.75 Å². The van der Waals surface area contributed by atoms with Crippen molar-refractivity contribution < 1.29 is 4.74 Å². The molecule has 0 radical (unpaired) electrons. The summed E-state index contributed by atoms with van der Waals surface area (Å²) >= 11 is 4.14. The van der Waals surface area contributed by atoms with Crippen LogP contribution in [-0.2, 0) is 6.42 Å². The summed E-state index contributed by atoms with van der Waals surface area (Å²) in [6.07, 6.45) is 2.03. The standard InChI is InChI=1S/C11H16OS/c1-2-10-6-3-4-7-11(10)12-8-5-9-13/h3-4,6-7,13H,2,5,8-9H2,1H3. The van der Waals surface area contributed by atoms with E-state index in [4.69, 9.17) is 4.74 Å². The average Bonchev–Trinajstić information content (AvgIpc) is 2.19. The van der Waals surface area contributed by atoms with E-state index in [2.05, 4.69) is 25.6 Å². The van der Waals surface area contributed by atoms with Crippen molar-refractivity contribution in [2.24, 2.45) is 0 Å². The minimum atomic E-state index is 0.764. The Morgan fingerprint density at radius 2 is 2.08 bits per heavy atom. The Balaban J connectivity index is 2.54. The topological polar surface area (TPSA) is 9.23 Å². The van der Waals surface area contributed by atoms with Gasteiger partial charge in [0, 0.05) is 0 Å². The third kappa shape index (κ3) is 3.31. The first-order valence-electron chi connectivity index (χ1n) is 4.70. The minimum Gasteiger partial charge on any atom is -0.493 e. The quantitative estimate of drug-likeness (QED) is 0.562. The van der Waals surface area contributed by atoms with E-state index in [0.717, 1.165) is 31.0 Å². The largest absolute Gasteiger partial charge is 0.493 e. The third-order valence-electron chi connectivity index (χ3n) is 1.91. The van der Waals surface area contributed by atoms with Crippen molar-refractivity contribution >= 4 is 12.6 Å². The number of aryl methyl sites for hydroxylation is 1. The van der Waals surface area contributed by atoms with Gasteiger partial charge in [-0.25, -0.2) is 0 Å². The fourth-order valence-corrected chi connectivity index (χ4v) is 1.31. The molecule has 0 aromatic heterocycles. The lowest BCUT2D eigenvalue weighted by molar-refractivity contribution is 0.316. The number of hydrogen-bond donors (Lipinski definition) is 1. The van der Waals surface area contributed by atoms with Crippen molar-refractivity contribution in [3.63, 3.8) is 0 Å². The SMILES string of the molecule is CCc1ccccc1OCCCS. The highest BCUT2D eigenvalue weighted by Crippen LogP contribution is 2.18. The van der Waals surface area contributed by atoms with Crippen LogP contribution in [0.3, 0.4) is 0 Å². The molecule has 0 bridgehead atoms. The molecule has 0 amide bonds. The van der Waals surface area contributed by atoms with Crippen LogP contribution in [0.25, 0.3) is 0 Å². The van der Waals surface area contributed by atoms with Gasteiger partial charge in [-0.2, -0.15) is 12.6 Å². The summed E-state index contributed by atoms with van der Waals surface area (Å²) in [5, 5.41) is 0. The maximum atomic E-state index is 5.62. The summed E-state index contributed by atoms with van der Waals surface area (Å²) in [4.78, 5) is 0. The van der Waals surface area contributed by atoms with Crippen molar-refractivity contribution in [1.29, 1.82) is 0 Å². The Bertz CT molecular complexity index is 248. The van der Waals surface area contributed by atoms with Crippen LogP contribution < -0.4 is 4.74 Å². The highest BCUT2D eigenvalue weighted by Gasteiger charge is 1.98. The van der Waals surface area contributed by atoms with Crippen LogP contribution in [0.4, 0.5) is 0 Å². The monoisotopic (exact) mass is 196 g/mol. The molecule has 1 aromatic rings. The number of hydrogen-bond acceptors (Lipinski definition) is 2. The van der Waals surface area contributed by atoms with Gasteiger partial charge >= 0.3 is 0 Å². The van der Waals surface area contributed by atoms with E-state index in [1.165, 1.54) is 5.56 Å². The lowest BCUT2D eigenvalue weighted by Crippen LogP contribution is -2.00. The predicted molar refractivity (Wildman–Crippen MR) is 59.8 cm³/mol. The summed E-state index contributed by atoms with van der Waals surface area (Å²) in [5.41, 5.74) is 1.28. The van der Waals surface area contributed by atoms with E-state index in [1.807, 2.05) is 18.2 Å². The number of rotatable bonds is 5. The summed E-state index contributed by atoms with van der Waals surface area (Å²) < 4.78 is 5.62. The van der Waals surface area contributed by atoms with Crippen molar-refractivity contribution in [2.75, 3.05) is 12.4 Å². The van der Waals surface area contributed by atoms with E-state index in [1.54, 1.807) is 0 Å². The van der Waals surface area contributed by atoms with Gasteiger partial charge in [-0.3, -0.25) is 0 Å². The molecule has 1 aromatic carbocycles. The first-order valence-corrected chi connectivity index (χ1v) is 5.33. The van der Waals surface area contributed by atoms with Gasteiger partial charge < -0.3 is 4.74 Å². The molecule has 0 fully saturated rings. The van der Waals surface area contributed by atoms with Crippen LogP contribution in [0.15, 0.2) is 24.3 Å². The van der Waals surface area contributed by atoms with E-state index >= 15 is 0 Å². The van der Waals surface area contributed by atoms with E-state index in [9.17, 15) is 0 Å². The van der Waals surface area contributed by atoms with Gasteiger partial charge in [-0.15, -0.1) is 0 Å². The average molecular weight is 196 g/mol. The number of ether oxygens (including phenoxy) is 1. The molecule has 0 saturated heterocycles. The predicted octanol–water partition coefficient (Wildman–Crippen LogP) is 2.95. The summed E-state index contributed by atoms with van der Waals surface area (Å²) in [6, 6.07) is 8.19. The van der Waals surface area contributed by atoms with Gasteiger partial charge in [0.2, 0.25) is 0 Å². The summed E-state index contributed by atoms with van der Waals surface area (Å²) in [6.45, 7) is 2.90. The first-order chi connectivity index (χ1) is 6.38. The molecule has 0 atom stereocenters. The Hall–Kier alpha value is -0.630. The molecule has 2 heteroatoms. The van der Waals surface area contributed by atoms with Crippen LogP contribution in [0.5, 0.6) is 5.75 Å². The molecule has 0 aliphatic carbocycles. The Labute approximate surface area is 85.5 Å². The van der Waals surface area contributed by atoms with Gasteiger partial charge in [-0.1, -0.05) is 25.1 Å². The number of para-hydroxylation sites is 1. The Morgan fingerprint density at radius 3 is 2.77 bits per heavy atom. The van der Waals surface area contributed by atoms with Gasteiger partial charge in [0.25, 0.3) is 0 Å².